The van der Waals surface area contributed by atoms with E-state index in [1.54, 1.807) is 12.1 Å². The van der Waals surface area contributed by atoms with E-state index in [1.165, 1.54) is 12.1 Å². The molecule has 3 aromatic carbocycles. The van der Waals surface area contributed by atoms with E-state index in [4.69, 9.17) is 5.73 Å². The number of nitrogens with two attached hydrogens (primary N) is 1. The smallest absolute Gasteiger partial charge is 0.194 e. The summed E-state index contributed by atoms with van der Waals surface area (Å²) in [6.07, 6.45) is 0. The fraction of sp³-hybridized carbons (Fsp3) is 0.0741. The van der Waals surface area contributed by atoms with E-state index >= 15 is 0 Å². The van der Waals surface area contributed by atoms with Gasteiger partial charge in [-0.2, -0.15) is 15.8 Å². The van der Waals surface area contributed by atoms with Crippen LogP contribution < -0.4 is 5.73 Å². The Hall–Kier alpha value is -4.66. The summed E-state index contributed by atoms with van der Waals surface area (Å²) in [4.78, 5) is 0. The van der Waals surface area contributed by atoms with E-state index in [1.807, 2.05) is 60.7 Å². The van der Waals surface area contributed by atoms with E-state index in [9.17, 15) is 20.2 Å². The minimum absolute atomic E-state index is 0.0940. The number of hydrogen-bond acceptors (Lipinski definition) is 4. The van der Waals surface area contributed by atoms with Crippen molar-refractivity contribution in [3.05, 3.63) is 119 Å². The topological polar surface area (TPSA) is 97.4 Å². The fourth-order valence-electron chi connectivity index (χ4n) is 4.28. The van der Waals surface area contributed by atoms with Crippen molar-refractivity contribution in [2.45, 2.75) is 5.92 Å². The third-order valence-electron chi connectivity index (χ3n) is 5.75. The number of nitrogens with zero attached hydrogens (tertiary/aromatic N) is 3. The Bertz CT molecular complexity index is 1340. The second-order valence-corrected chi connectivity index (χ2v) is 7.44. The lowest BCUT2D eigenvalue weighted by Gasteiger charge is -2.38. The Morgan fingerprint density at radius 1 is 0.750 bits per heavy atom. The average Bonchev–Trinajstić information content (AvgIpc) is 2.85. The molecule has 1 aliphatic carbocycles. The third-order valence-corrected chi connectivity index (χ3v) is 5.75. The zero-order valence-corrected chi connectivity index (χ0v) is 17.0. The first-order valence-corrected chi connectivity index (χ1v) is 9.91. The van der Waals surface area contributed by atoms with Gasteiger partial charge in [0.05, 0.1) is 23.4 Å². The van der Waals surface area contributed by atoms with Crippen LogP contribution in [0.15, 0.2) is 96.2 Å². The highest BCUT2D eigenvalue weighted by atomic mass is 19.1. The van der Waals surface area contributed by atoms with Crippen LogP contribution in [-0.4, -0.2) is 0 Å². The normalized spacial score (nSPS) is 17.2. The maximum Gasteiger partial charge on any atom is 0.194 e. The zero-order valence-electron chi connectivity index (χ0n) is 17.0. The predicted octanol–water partition coefficient (Wildman–Crippen LogP) is 5.30. The summed E-state index contributed by atoms with van der Waals surface area (Å²) in [5.74, 6) is -1.27. The summed E-state index contributed by atoms with van der Waals surface area (Å²) in [7, 11) is 0. The number of halogens is 1. The van der Waals surface area contributed by atoms with Gasteiger partial charge in [0.25, 0.3) is 0 Å². The maximum absolute atomic E-state index is 13.7. The molecule has 0 spiro atoms. The lowest BCUT2D eigenvalue weighted by molar-refractivity contribution is 0.543. The molecule has 1 aliphatic rings. The predicted molar refractivity (Wildman–Crippen MR) is 119 cm³/mol. The summed E-state index contributed by atoms with van der Waals surface area (Å²) in [6.45, 7) is 0. The molecule has 152 valence electrons. The first-order valence-electron chi connectivity index (χ1n) is 9.91. The van der Waals surface area contributed by atoms with Crippen molar-refractivity contribution in [2.24, 2.45) is 11.1 Å². The minimum atomic E-state index is -1.84. The molecule has 0 heterocycles. The molecule has 0 saturated heterocycles. The lowest BCUT2D eigenvalue weighted by Crippen LogP contribution is -2.37. The molecule has 0 fully saturated rings. The van der Waals surface area contributed by atoms with Crippen LogP contribution in [0.5, 0.6) is 0 Å². The largest absolute Gasteiger partial charge is 0.399 e. The van der Waals surface area contributed by atoms with Gasteiger partial charge in [0.2, 0.25) is 0 Å². The van der Waals surface area contributed by atoms with Gasteiger partial charge in [0, 0.05) is 11.5 Å². The third kappa shape index (κ3) is 3.12. The summed E-state index contributed by atoms with van der Waals surface area (Å²) in [5.41, 5.74) is 7.80. The van der Waals surface area contributed by atoms with Crippen molar-refractivity contribution in [2.75, 3.05) is 0 Å². The summed E-state index contributed by atoms with van der Waals surface area (Å²) < 4.78 is 13.7. The molecule has 3 aromatic rings. The Morgan fingerprint density at radius 2 is 1.28 bits per heavy atom. The van der Waals surface area contributed by atoms with Crippen molar-refractivity contribution in [3.63, 3.8) is 0 Å². The molecule has 32 heavy (non-hydrogen) atoms. The minimum Gasteiger partial charge on any atom is -0.399 e. The van der Waals surface area contributed by atoms with Crippen LogP contribution in [0.4, 0.5) is 4.39 Å². The molecular weight excluding hydrogens is 399 g/mol. The van der Waals surface area contributed by atoms with Crippen molar-refractivity contribution in [3.8, 4) is 18.2 Å². The highest BCUT2D eigenvalue weighted by Gasteiger charge is 2.51. The first-order chi connectivity index (χ1) is 15.6. The van der Waals surface area contributed by atoms with Crippen LogP contribution in [-0.2, 0) is 0 Å². The Kier molecular flexibility index (Phi) is 5.30. The van der Waals surface area contributed by atoms with E-state index in [-0.39, 0.29) is 11.3 Å². The molecule has 0 aromatic heterocycles. The number of rotatable bonds is 3. The molecule has 2 N–H and O–H groups in total. The van der Waals surface area contributed by atoms with Crippen LogP contribution in [0, 0.1) is 45.2 Å². The molecular formula is C27H17FN4. The van der Waals surface area contributed by atoms with Gasteiger partial charge in [-0.25, -0.2) is 4.39 Å². The zero-order chi connectivity index (χ0) is 22.7. The van der Waals surface area contributed by atoms with Gasteiger partial charge in [0.1, 0.15) is 11.9 Å². The molecule has 1 atom stereocenters. The van der Waals surface area contributed by atoms with Gasteiger partial charge in [0.15, 0.2) is 5.41 Å². The van der Waals surface area contributed by atoms with E-state index in [0.29, 0.717) is 16.7 Å². The molecule has 4 rings (SSSR count). The van der Waals surface area contributed by atoms with Crippen molar-refractivity contribution < 1.29 is 4.39 Å². The molecule has 0 bridgehead atoms. The van der Waals surface area contributed by atoms with Gasteiger partial charge in [-0.15, -0.1) is 0 Å². The van der Waals surface area contributed by atoms with Crippen LogP contribution in [0.1, 0.15) is 22.6 Å². The van der Waals surface area contributed by atoms with E-state index in [2.05, 4.69) is 18.2 Å². The summed E-state index contributed by atoms with van der Waals surface area (Å²) >= 11 is 0. The standard InChI is InChI=1S/C27H17FN4/c28-21-13-11-20(12-14-21)25-24(19-9-5-2-6-10-19)23(18-7-3-1-4-8-18)22(15-29)26(32)27(25,16-30)17-31/h1-14,25H,32H2. The number of benzene rings is 3. The van der Waals surface area contributed by atoms with Gasteiger partial charge in [-0.1, -0.05) is 72.8 Å². The highest BCUT2D eigenvalue weighted by molar-refractivity contribution is 6.05. The lowest BCUT2D eigenvalue weighted by atomic mass is 9.60. The number of nitriles is 3. The second-order valence-electron chi connectivity index (χ2n) is 7.44. The molecule has 5 heteroatoms. The molecule has 0 radical (unpaired) electrons. The van der Waals surface area contributed by atoms with Crippen LogP contribution in [0.3, 0.4) is 0 Å². The Balaban J connectivity index is 2.21. The second kappa shape index (κ2) is 8.23. The SMILES string of the molecule is N#CC1=C(N)C(C#N)(C#N)C(c2ccc(F)cc2)C(c2ccccc2)=C1c1ccccc1. The molecule has 4 nitrogen and oxygen atoms in total. The van der Waals surface area contributed by atoms with Crippen molar-refractivity contribution >= 4 is 11.1 Å². The fourth-order valence-corrected chi connectivity index (χ4v) is 4.28. The van der Waals surface area contributed by atoms with Crippen LogP contribution >= 0.6 is 0 Å². The highest BCUT2D eigenvalue weighted by Crippen LogP contribution is 2.56. The van der Waals surface area contributed by atoms with Crippen LogP contribution in [0.25, 0.3) is 11.1 Å². The van der Waals surface area contributed by atoms with Gasteiger partial charge in [-0.05, 0) is 34.4 Å². The summed E-state index contributed by atoms with van der Waals surface area (Å²) in [5, 5.41) is 30.6. The van der Waals surface area contributed by atoms with Gasteiger partial charge >= 0.3 is 0 Å². The van der Waals surface area contributed by atoms with E-state index in [0.717, 1.165) is 11.1 Å². The maximum atomic E-state index is 13.7. The number of allylic oxidation sites excluding steroid dienone is 4. The van der Waals surface area contributed by atoms with Crippen molar-refractivity contribution in [1.29, 1.82) is 15.8 Å². The molecule has 0 saturated carbocycles. The molecule has 1 unspecified atom stereocenters. The average molecular weight is 416 g/mol. The number of hydrogen-bond donors (Lipinski definition) is 1. The van der Waals surface area contributed by atoms with Gasteiger partial charge < -0.3 is 5.73 Å². The summed E-state index contributed by atoms with van der Waals surface area (Å²) in [6, 6.07) is 30.6. The molecule has 0 aliphatic heterocycles. The Labute approximate surface area is 185 Å². The first kappa shape index (κ1) is 20.6. The monoisotopic (exact) mass is 416 g/mol. The van der Waals surface area contributed by atoms with Crippen LogP contribution in [0.2, 0.25) is 0 Å². The van der Waals surface area contributed by atoms with Gasteiger partial charge in [-0.3, -0.25) is 0 Å². The van der Waals surface area contributed by atoms with E-state index < -0.39 is 17.2 Å². The quantitative estimate of drug-likeness (QED) is 0.626. The van der Waals surface area contributed by atoms with Crippen molar-refractivity contribution in [1.82, 2.24) is 0 Å². The molecule has 0 amide bonds. The Morgan fingerprint density at radius 3 is 1.78 bits per heavy atom.